The Kier molecular flexibility index (Phi) is 4.78. The predicted octanol–water partition coefficient (Wildman–Crippen LogP) is 0.534. The number of urea groups is 1. The Morgan fingerprint density at radius 1 is 1.15 bits per heavy atom. The normalized spacial score (nSPS) is 15.0. The fraction of sp³-hybridized carbons (Fsp3) is 0.385. The van der Waals surface area contributed by atoms with Gasteiger partial charge in [0, 0.05) is 31.9 Å². The van der Waals surface area contributed by atoms with Crippen molar-refractivity contribution in [3.05, 3.63) is 30.3 Å². The Morgan fingerprint density at radius 3 is 2.40 bits per heavy atom. The highest BCUT2D eigenvalue weighted by atomic mass is 16.7. The first-order valence-corrected chi connectivity index (χ1v) is 6.35. The number of rotatable bonds is 4. The lowest BCUT2D eigenvalue weighted by Gasteiger charge is -2.35. The lowest BCUT2D eigenvalue weighted by atomic mass is 10.2. The van der Waals surface area contributed by atoms with Gasteiger partial charge in [-0.2, -0.15) is 0 Å². The molecule has 1 heterocycles. The maximum atomic E-state index is 11.7. The molecule has 2 N–H and O–H groups in total. The summed E-state index contributed by atoms with van der Waals surface area (Å²) in [5, 5.41) is 8.40. The summed E-state index contributed by atoms with van der Waals surface area (Å²) in [5.74, 6) is -1.13. The number of carbonyl (C=O) groups excluding carboxylic acids is 1. The van der Waals surface area contributed by atoms with Crippen LogP contribution in [0.1, 0.15) is 0 Å². The zero-order valence-corrected chi connectivity index (χ0v) is 11.0. The Bertz CT molecular complexity index is 458. The molecule has 0 atom stereocenters. The topological polar surface area (TPSA) is 82.1 Å². The summed E-state index contributed by atoms with van der Waals surface area (Å²) in [6, 6.07) is 9.59. The summed E-state index contributed by atoms with van der Waals surface area (Å²) in [7, 11) is 0. The number of hydrogen-bond donors (Lipinski definition) is 2. The number of benzene rings is 1. The minimum atomic E-state index is -1.13. The second-order valence-electron chi connectivity index (χ2n) is 4.40. The molecule has 0 radical (unpaired) electrons. The molecule has 1 fully saturated rings. The monoisotopic (exact) mass is 279 g/mol. The summed E-state index contributed by atoms with van der Waals surface area (Å²) >= 11 is 0. The molecule has 0 aliphatic carbocycles. The molecule has 0 unspecified atom stereocenters. The van der Waals surface area contributed by atoms with Gasteiger partial charge in [0.1, 0.15) is 0 Å². The van der Waals surface area contributed by atoms with E-state index >= 15 is 0 Å². The van der Waals surface area contributed by atoms with Crippen molar-refractivity contribution in [1.82, 2.24) is 10.4 Å². The number of nitrogens with zero attached hydrogens (tertiary/aromatic N) is 2. The van der Waals surface area contributed by atoms with Crippen LogP contribution in [0.3, 0.4) is 0 Å². The van der Waals surface area contributed by atoms with Crippen LogP contribution in [-0.2, 0) is 9.63 Å². The molecular formula is C13H17N3O4. The summed E-state index contributed by atoms with van der Waals surface area (Å²) in [4.78, 5) is 30.3. The summed E-state index contributed by atoms with van der Waals surface area (Å²) in [6.45, 7) is 2.05. The summed E-state index contributed by atoms with van der Waals surface area (Å²) < 4.78 is 0. The third kappa shape index (κ3) is 3.86. The first-order chi connectivity index (χ1) is 9.66. The van der Waals surface area contributed by atoms with E-state index in [0.29, 0.717) is 13.1 Å². The van der Waals surface area contributed by atoms with E-state index in [-0.39, 0.29) is 0 Å². The van der Waals surface area contributed by atoms with Crippen LogP contribution in [0.5, 0.6) is 0 Å². The van der Waals surface area contributed by atoms with Crippen molar-refractivity contribution in [2.75, 3.05) is 37.7 Å². The minimum absolute atomic E-state index is 0.404. The van der Waals surface area contributed by atoms with Crippen LogP contribution in [0.4, 0.5) is 10.5 Å². The molecule has 1 aromatic rings. The van der Waals surface area contributed by atoms with Crippen molar-refractivity contribution in [1.29, 1.82) is 0 Å². The molecule has 20 heavy (non-hydrogen) atoms. The number of nitrogens with one attached hydrogen (secondary N) is 1. The maximum absolute atomic E-state index is 11.7. The van der Waals surface area contributed by atoms with Crippen molar-refractivity contribution in [3.63, 3.8) is 0 Å². The van der Waals surface area contributed by atoms with Gasteiger partial charge in [0.25, 0.3) is 0 Å². The van der Waals surface area contributed by atoms with Gasteiger partial charge in [0.05, 0.1) is 0 Å². The fourth-order valence-corrected chi connectivity index (χ4v) is 2.03. The van der Waals surface area contributed by atoms with E-state index in [1.165, 1.54) is 0 Å². The largest absolute Gasteiger partial charge is 0.479 e. The van der Waals surface area contributed by atoms with E-state index in [1.807, 2.05) is 30.3 Å². The number of carbonyl (C=O) groups is 2. The molecular weight excluding hydrogens is 262 g/mol. The van der Waals surface area contributed by atoms with Gasteiger partial charge in [0.15, 0.2) is 6.61 Å². The van der Waals surface area contributed by atoms with Crippen molar-refractivity contribution >= 4 is 17.7 Å². The number of amides is 2. The Hall–Kier alpha value is -2.28. The van der Waals surface area contributed by atoms with Crippen LogP contribution in [-0.4, -0.2) is 54.8 Å². The smallest absolute Gasteiger partial charge is 0.341 e. The fourth-order valence-electron chi connectivity index (χ4n) is 2.03. The highest BCUT2D eigenvalue weighted by Crippen LogP contribution is 2.15. The molecule has 0 spiro atoms. The third-order valence-electron chi connectivity index (χ3n) is 3.04. The lowest BCUT2D eigenvalue weighted by Crippen LogP contribution is -2.52. The average molecular weight is 279 g/mol. The van der Waals surface area contributed by atoms with Crippen LogP contribution < -0.4 is 10.4 Å². The number of carboxylic acids is 1. The molecule has 0 saturated carbocycles. The van der Waals surface area contributed by atoms with Gasteiger partial charge in [-0.05, 0) is 12.1 Å². The first kappa shape index (κ1) is 14.1. The highest BCUT2D eigenvalue weighted by Gasteiger charge is 2.21. The minimum Gasteiger partial charge on any atom is -0.479 e. The van der Waals surface area contributed by atoms with Gasteiger partial charge < -0.3 is 14.9 Å². The van der Waals surface area contributed by atoms with Gasteiger partial charge in [0.2, 0.25) is 0 Å². The van der Waals surface area contributed by atoms with E-state index in [1.54, 1.807) is 4.90 Å². The number of piperazine rings is 1. The van der Waals surface area contributed by atoms with Crippen molar-refractivity contribution in [2.45, 2.75) is 0 Å². The lowest BCUT2D eigenvalue weighted by molar-refractivity contribution is -0.144. The van der Waals surface area contributed by atoms with E-state index in [4.69, 9.17) is 5.11 Å². The molecule has 2 amide bonds. The van der Waals surface area contributed by atoms with Crippen LogP contribution in [0.2, 0.25) is 0 Å². The van der Waals surface area contributed by atoms with Gasteiger partial charge >= 0.3 is 12.0 Å². The van der Waals surface area contributed by atoms with Crippen LogP contribution in [0, 0.1) is 0 Å². The van der Waals surface area contributed by atoms with Gasteiger partial charge in [-0.15, -0.1) is 0 Å². The molecule has 7 heteroatoms. The molecule has 1 aliphatic rings. The Balaban J connectivity index is 1.76. The van der Waals surface area contributed by atoms with Crippen molar-refractivity contribution < 1.29 is 19.5 Å². The number of carboxylic acid groups (broad SMARTS) is 1. The quantitative estimate of drug-likeness (QED) is 0.786. The van der Waals surface area contributed by atoms with Gasteiger partial charge in [-0.25, -0.2) is 15.1 Å². The van der Waals surface area contributed by atoms with E-state index in [9.17, 15) is 9.59 Å². The van der Waals surface area contributed by atoms with Gasteiger partial charge in [-0.3, -0.25) is 4.84 Å². The molecule has 1 saturated heterocycles. The zero-order valence-electron chi connectivity index (χ0n) is 11.0. The second-order valence-corrected chi connectivity index (χ2v) is 4.40. The average Bonchev–Trinajstić information content (AvgIpc) is 2.48. The van der Waals surface area contributed by atoms with Gasteiger partial charge in [-0.1, -0.05) is 18.2 Å². The Morgan fingerprint density at radius 2 is 1.80 bits per heavy atom. The standard InChI is InChI=1S/C13H17N3O4/c17-12(18)10-20-14-13(19)16-8-6-15(7-9-16)11-4-2-1-3-5-11/h1-5H,6-10H2,(H,14,19)(H,17,18). The summed E-state index contributed by atoms with van der Waals surface area (Å²) in [6.07, 6.45) is 0. The van der Waals surface area contributed by atoms with Crippen LogP contribution in [0.25, 0.3) is 0 Å². The maximum Gasteiger partial charge on any atom is 0.341 e. The number of anilines is 1. The molecule has 2 rings (SSSR count). The van der Waals surface area contributed by atoms with E-state index in [0.717, 1.165) is 18.8 Å². The molecule has 0 aromatic heterocycles. The molecule has 7 nitrogen and oxygen atoms in total. The number of hydrogen-bond acceptors (Lipinski definition) is 4. The van der Waals surface area contributed by atoms with E-state index < -0.39 is 18.6 Å². The number of aliphatic carboxylic acids is 1. The predicted molar refractivity (Wildman–Crippen MR) is 72.3 cm³/mol. The van der Waals surface area contributed by atoms with E-state index in [2.05, 4.69) is 15.2 Å². The van der Waals surface area contributed by atoms with Crippen molar-refractivity contribution in [2.24, 2.45) is 0 Å². The SMILES string of the molecule is O=C(O)CONC(=O)N1CCN(c2ccccc2)CC1. The first-order valence-electron chi connectivity index (χ1n) is 6.35. The molecule has 108 valence electrons. The Labute approximate surface area is 116 Å². The highest BCUT2D eigenvalue weighted by molar-refractivity contribution is 5.74. The van der Waals surface area contributed by atoms with Crippen molar-refractivity contribution in [3.8, 4) is 0 Å². The summed E-state index contributed by atoms with van der Waals surface area (Å²) in [5.41, 5.74) is 3.26. The number of hydroxylamine groups is 1. The van der Waals surface area contributed by atoms with Crippen LogP contribution >= 0.6 is 0 Å². The zero-order chi connectivity index (χ0) is 14.4. The molecule has 1 aromatic carbocycles. The third-order valence-corrected chi connectivity index (χ3v) is 3.04. The number of para-hydroxylation sites is 1. The molecule has 1 aliphatic heterocycles. The molecule has 0 bridgehead atoms. The second kappa shape index (κ2) is 6.76. The van der Waals surface area contributed by atoms with Crippen LogP contribution in [0.15, 0.2) is 30.3 Å².